The number of rotatable bonds is 5. The number of aryl methyl sites for hydroxylation is 2. The van der Waals surface area contributed by atoms with Crippen molar-refractivity contribution in [2.75, 3.05) is 11.9 Å². The van der Waals surface area contributed by atoms with E-state index < -0.39 is 28.3 Å². The van der Waals surface area contributed by atoms with Crippen LogP contribution in [0.3, 0.4) is 0 Å². The van der Waals surface area contributed by atoms with E-state index in [4.69, 9.17) is 4.52 Å². The molecule has 1 heterocycles. The van der Waals surface area contributed by atoms with E-state index in [1.807, 2.05) is 0 Å². The van der Waals surface area contributed by atoms with Gasteiger partial charge in [0, 0.05) is 6.07 Å². The maximum absolute atomic E-state index is 13.2. The normalized spacial score (nSPS) is 11.4. The second-order valence-electron chi connectivity index (χ2n) is 4.61. The van der Waals surface area contributed by atoms with Gasteiger partial charge in [-0.1, -0.05) is 5.16 Å². The number of amides is 1. The lowest BCUT2D eigenvalue weighted by Crippen LogP contribution is -2.33. The number of nitrogens with one attached hydrogen (secondary N) is 2. The van der Waals surface area contributed by atoms with Gasteiger partial charge in [0.2, 0.25) is 15.9 Å². The lowest BCUT2D eigenvalue weighted by Gasteiger charge is -2.07. The molecular formula is C13H14FN3O4S. The number of hydrogen-bond donors (Lipinski definition) is 2. The second-order valence-corrected chi connectivity index (χ2v) is 6.37. The van der Waals surface area contributed by atoms with E-state index in [-0.39, 0.29) is 16.3 Å². The lowest BCUT2D eigenvalue weighted by molar-refractivity contribution is -0.115. The molecule has 2 rings (SSSR count). The van der Waals surface area contributed by atoms with Crippen LogP contribution in [-0.4, -0.2) is 26.0 Å². The number of anilines is 1. The fourth-order valence-electron chi connectivity index (χ4n) is 1.64. The Balaban J connectivity index is 2.00. The van der Waals surface area contributed by atoms with Gasteiger partial charge in [0.15, 0.2) is 5.82 Å². The van der Waals surface area contributed by atoms with E-state index in [0.717, 1.165) is 12.1 Å². The topological polar surface area (TPSA) is 101 Å². The third-order valence-electron chi connectivity index (χ3n) is 2.76. The first kappa shape index (κ1) is 16.1. The van der Waals surface area contributed by atoms with Gasteiger partial charge in [-0.15, -0.1) is 0 Å². The molecule has 22 heavy (non-hydrogen) atoms. The lowest BCUT2D eigenvalue weighted by atomic mass is 10.2. The number of hydrogen-bond acceptors (Lipinski definition) is 5. The van der Waals surface area contributed by atoms with Crippen molar-refractivity contribution in [3.63, 3.8) is 0 Å². The van der Waals surface area contributed by atoms with E-state index in [1.165, 1.54) is 19.1 Å². The molecule has 0 atom stereocenters. The summed E-state index contributed by atoms with van der Waals surface area (Å²) in [6, 6.07) is 4.87. The van der Waals surface area contributed by atoms with Crippen LogP contribution in [-0.2, 0) is 14.8 Å². The Labute approximate surface area is 126 Å². The van der Waals surface area contributed by atoms with Gasteiger partial charge in [0.25, 0.3) is 0 Å². The van der Waals surface area contributed by atoms with Crippen molar-refractivity contribution in [2.24, 2.45) is 0 Å². The molecule has 0 fully saturated rings. The molecule has 0 radical (unpaired) electrons. The molecule has 0 spiro atoms. The zero-order chi connectivity index (χ0) is 16.3. The summed E-state index contributed by atoms with van der Waals surface area (Å²) in [7, 11) is -3.90. The number of carbonyl (C=O) groups is 1. The van der Waals surface area contributed by atoms with Gasteiger partial charge in [-0.25, -0.2) is 17.5 Å². The van der Waals surface area contributed by atoms with Gasteiger partial charge in [-0.05, 0) is 37.6 Å². The first-order valence-electron chi connectivity index (χ1n) is 6.27. The second kappa shape index (κ2) is 6.24. The fraction of sp³-hybridized carbons (Fsp3) is 0.231. The maximum Gasteiger partial charge on any atom is 0.241 e. The smallest absolute Gasteiger partial charge is 0.241 e. The molecule has 7 nitrogen and oxygen atoms in total. The predicted molar refractivity (Wildman–Crippen MR) is 76.2 cm³/mol. The van der Waals surface area contributed by atoms with Crippen molar-refractivity contribution in [1.82, 2.24) is 9.88 Å². The van der Waals surface area contributed by atoms with E-state index >= 15 is 0 Å². The van der Waals surface area contributed by atoms with E-state index in [2.05, 4.69) is 15.2 Å². The van der Waals surface area contributed by atoms with Crippen LogP contribution in [0.25, 0.3) is 0 Å². The number of carbonyl (C=O) groups excluding carboxylic acids is 1. The predicted octanol–water partition coefficient (Wildman–Crippen LogP) is 1.35. The molecule has 0 bridgehead atoms. The molecule has 0 saturated heterocycles. The standard InChI is InChI=1S/C13H14FN3O4S/c1-8-5-10(3-4-11(8)14)22(19,20)15-7-13(18)16-12-6-9(2)21-17-12/h3-6,15H,7H2,1-2H3,(H,16,17,18). The molecule has 0 saturated carbocycles. The van der Waals surface area contributed by atoms with Crippen LogP contribution >= 0.6 is 0 Å². The zero-order valence-corrected chi connectivity index (χ0v) is 12.7. The van der Waals surface area contributed by atoms with Gasteiger partial charge >= 0.3 is 0 Å². The van der Waals surface area contributed by atoms with E-state index in [0.29, 0.717) is 5.76 Å². The third-order valence-corrected chi connectivity index (χ3v) is 4.16. The van der Waals surface area contributed by atoms with Crippen LogP contribution in [0.15, 0.2) is 33.7 Å². The van der Waals surface area contributed by atoms with Gasteiger partial charge < -0.3 is 9.84 Å². The van der Waals surface area contributed by atoms with E-state index in [1.54, 1.807) is 6.92 Å². The van der Waals surface area contributed by atoms with Crippen molar-refractivity contribution in [2.45, 2.75) is 18.7 Å². The average molecular weight is 327 g/mol. The molecule has 0 aliphatic carbocycles. The van der Waals surface area contributed by atoms with Gasteiger partial charge in [-0.3, -0.25) is 4.79 Å². The Morgan fingerprint density at radius 3 is 2.64 bits per heavy atom. The molecule has 0 aliphatic rings. The number of sulfonamides is 1. The summed E-state index contributed by atoms with van der Waals surface area (Å²) >= 11 is 0. The molecule has 0 aliphatic heterocycles. The molecule has 2 N–H and O–H groups in total. The SMILES string of the molecule is Cc1cc(NC(=O)CNS(=O)(=O)c2ccc(F)c(C)c2)no1. The third kappa shape index (κ3) is 3.89. The molecule has 1 aromatic heterocycles. The van der Waals surface area contributed by atoms with Crippen LogP contribution < -0.4 is 10.0 Å². The summed E-state index contributed by atoms with van der Waals surface area (Å²) in [6.07, 6.45) is 0. The Hall–Kier alpha value is -2.26. The molecule has 1 amide bonds. The summed E-state index contributed by atoms with van der Waals surface area (Å²) in [5, 5.41) is 5.93. The minimum atomic E-state index is -3.90. The number of benzene rings is 1. The van der Waals surface area contributed by atoms with Crippen LogP contribution in [0, 0.1) is 19.7 Å². The maximum atomic E-state index is 13.2. The first-order chi connectivity index (χ1) is 10.3. The summed E-state index contributed by atoms with van der Waals surface area (Å²) in [4.78, 5) is 11.5. The largest absolute Gasteiger partial charge is 0.360 e. The summed E-state index contributed by atoms with van der Waals surface area (Å²) in [6.45, 7) is 2.63. The Bertz CT molecular complexity index is 801. The summed E-state index contributed by atoms with van der Waals surface area (Å²) < 4.78 is 44.1. The zero-order valence-electron chi connectivity index (χ0n) is 11.9. The van der Waals surface area contributed by atoms with Crippen LogP contribution in [0.1, 0.15) is 11.3 Å². The minimum Gasteiger partial charge on any atom is -0.360 e. The molecule has 0 unspecified atom stereocenters. The van der Waals surface area contributed by atoms with E-state index in [9.17, 15) is 17.6 Å². The first-order valence-corrected chi connectivity index (χ1v) is 7.75. The van der Waals surface area contributed by atoms with Gasteiger partial charge in [0.1, 0.15) is 11.6 Å². The molecule has 2 aromatic rings. The van der Waals surface area contributed by atoms with Crippen LogP contribution in [0.5, 0.6) is 0 Å². The molecule has 1 aromatic carbocycles. The van der Waals surface area contributed by atoms with Gasteiger partial charge in [-0.2, -0.15) is 0 Å². The summed E-state index contributed by atoms with van der Waals surface area (Å²) in [5.74, 6) is -0.397. The number of halogens is 1. The Morgan fingerprint density at radius 1 is 1.32 bits per heavy atom. The highest BCUT2D eigenvalue weighted by molar-refractivity contribution is 7.89. The van der Waals surface area contributed by atoms with Crippen molar-refractivity contribution in [3.8, 4) is 0 Å². The van der Waals surface area contributed by atoms with Crippen LogP contribution in [0.2, 0.25) is 0 Å². The Morgan fingerprint density at radius 2 is 2.05 bits per heavy atom. The number of aromatic nitrogens is 1. The molecular weight excluding hydrogens is 313 g/mol. The average Bonchev–Trinajstić information content (AvgIpc) is 2.85. The summed E-state index contributed by atoms with van der Waals surface area (Å²) in [5.41, 5.74) is 0.199. The van der Waals surface area contributed by atoms with Gasteiger partial charge in [0.05, 0.1) is 11.4 Å². The minimum absolute atomic E-state index is 0.114. The highest BCUT2D eigenvalue weighted by Gasteiger charge is 2.17. The van der Waals surface area contributed by atoms with Crippen molar-refractivity contribution < 1.29 is 22.1 Å². The number of nitrogens with zero attached hydrogens (tertiary/aromatic N) is 1. The Kier molecular flexibility index (Phi) is 4.57. The molecule has 9 heteroatoms. The monoisotopic (exact) mass is 327 g/mol. The quantitative estimate of drug-likeness (QED) is 0.863. The van der Waals surface area contributed by atoms with Crippen molar-refractivity contribution in [3.05, 3.63) is 41.4 Å². The highest BCUT2D eigenvalue weighted by atomic mass is 32.2. The molecule has 118 valence electrons. The highest BCUT2D eigenvalue weighted by Crippen LogP contribution is 2.14. The fourth-order valence-corrected chi connectivity index (χ4v) is 2.71. The van der Waals surface area contributed by atoms with Crippen molar-refractivity contribution >= 4 is 21.7 Å². The van der Waals surface area contributed by atoms with Crippen LogP contribution in [0.4, 0.5) is 10.2 Å². The van der Waals surface area contributed by atoms with Crippen molar-refractivity contribution in [1.29, 1.82) is 0 Å².